The van der Waals surface area contributed by atoms with E-state index < -0.39 is 0 Å². The quantitative estimate of drug-likeness (QED) is 0.170. The van der Waals surface area contributed by atoms with Crippen LogP contribution in [0, 0.1) is 0 Å². The second-order valence-corrected chi connectivity index (χ2v) is 14.3. The molecule has 0 spiro atoms. The summed E-state index contributed by atoms with van der Waals surface area (Å²) < 4.78 is 5.34. The highest BCUT2D eigenvalue weighted by atomic mass is 15.0. The number of aryl methyl sites for hydroxylation is 1. The van der Waals surface area contributed by atoms with E-state index in [0.717, 1.165) is 12.8 Å². The zero-order valence-corrected chi connectivity index (χ0v) is 27.1. The molecule has 49 heavy (non-hydrogen) atoms. The summed E-state index contributed by atoms with van der Waals surface area (Å²) in [4.78, 5) is 0. The molecule has 0 bridgehead atoms. The van der Waals surface area contributed by atoms with E-state index in [9.17, 15) is 0 Å². The van der Waals surface area contributed by atoms with Crippen LogP contribution in [0.2, 0.25) is 0 Å². The fraction of sp³-hybridized carbons (Fsp3) is 0.0870. The first-order valence-electron chi connectivity index (χ1n) is 17.8. The van der Waals surface area contributed by atoms with Crippen LogP contribution in [0.3, 0.4) is 0 Å². The molecule has 0 saturated carbocycles. The molecule has 7 aromatic carbocycles. The average Bonchev–Trinajstić information content (AvgIpc) is 3.69. The van der Waals surface area contributed by atoms with Crippen molar-refractivity contribution in [2.24, 2.45) is 0 Å². The Hall–Kier alpha value is -5.80. The summed E-state index contributed by atoms with van der Waals surface area (Å²) in [5, 5.41) is 5.37. The SMILES string of the molecule is c1ccc(-c2ccc3c(c2)c2cc(-c4ccccc4)cc4c2n3B2c3c(cc5c(c3-4)CCCC5)-n3c4ccccc4c4cccc2c43)cc1. The van der Waals surface area contributed by atoms with Crippen LogP contribution < -0.4 is 10.9 Å². The molecule has 2 aliphatic heterocycles. The van der Waals surface area contributed by atoms with Crippen LogP contribution in [0.15, 0.2) is 140 Å². The van der Waals surface area contributed by atoms with Crippen molar-refractivity contribution in [1.82, 2.24) is 9.05 Å². The minimum atomic E-state index is 0.0930. The number of hydrogen-bond donors (Lipinski definition) is 0. The van der Waals surface area contributed by atoms with Crippen LogP contribution in [-0.2, 0) is 12.8 Å². The molecule has 228 valence electrons. The van der Waals surface area contributed by atoms with Crippen LogP contribution in [0.25, 0.3) is 82.7 Å². The minimum Gasteiger partial charge on any atom is -0.375 e. The minimum absolute atomic E-state index is 0.0930. The third-order valence-electron chi connectivity index (χ3n) is 11.8. The summed E-state index contributed by atoms with van der Waals surface area (Å²) in [5.74, 6) is 0. The number of benzene rings is 7. The zero-order chi connectivity index (χ0) is 31.8. The molecule has 0 N–H and O–H groups in total. The molecule has 4 heterocycles. The number of para-hydroxylation sites is 2. The fourth-order valence-electron chi connectivity index (χ4n) is 9.86. The van der Waals surface area contributed by atoms with E-state index in [1.54, 1.807) is 11.1 Å². The average molecular weight is 623 g/mol. The summed E-state index contributed by atoms with van der Waals surface area (Å²) in [6.07, 6.45) is 4.80. The van der Waals surface area contributed by atoms with E-state index in [-0.39, 0.29) is 6.85 Å². The van der Waals surface area contributed by atoms with E-state index >= 15 is 0 Å². The Morgan fingerprint density at radius 3 is 2.08 bits per heavy atom. The Morgan fingerprint density at radius 1 is 0.490 bits per heavy atom. The number of nitrogens with zero attached hydrogens (tertiary/aromatic N) is 2. The smallest absolute Gasteiger partial charge is 0.333 e. The number of aromatic nitrogens is 2. The van der Waals surface area contributed by atoms with E-state index in [4.69, 9.17) is 0 Å². The van der Waals surface area contributed by atoms with Gasteiger partial charge in [0.25, 0.3) is 0 Å². The third-order valence-corrected chi connectivity index (χ3v) is 11.8. The first-order chi connectivity index (χ1) is 24.3. The molecule has 0 unspecified atom stereocenters. The molecule has 9 aromatic rings. The van der Waals surface area contributed by atoms with Crippen molar-refractivity contribution in [2.45, 2.75) is 25.7 Å². The third kappa shape index (κ3) is 3.33. The van der Waals surface area contributed by atoms with Gasteiger partial charge in [-0.1, -0.05) is 103 Å². The van der Waals surface area contributed by atoms with Gasteiger partial charge in [-0.25, -0.2) is 0 Å². The first-order valence-corrected chi connectivity index (χ1v) is 17.8. The van der Waals surface area contributed by atoms with Gasteiger partial charge in [0.2, 0.25) is 0 Å². The molecular weight excluding hydrogens is 591 g/mol. The molecule has 0 atom stereocenters. The maximum Gasteiger partial charge on any atom is 0.333 e. The van der Waals surface area contributed by atoms with Gasteiger partial charge in [0.1, 0.15) is 0 Å². The van der Waals surface area contributed by atoms with Crippen LogP contribution in [0.4, 0.5) is 0 Å². The molecule has 0 radical (unpaired) electrons. The fourth-order valence-corrected chi connectivity index (χ4v) is 9.86. The predicted octanol–water partition coefficient (Wildman–Crippen LogP) is 10.1. The molecule has 0 saturated heterocycles. The van der Waals surface area contributed by atoms with Crippen molar-refractivity contribution in [2.75, 3.05) is 0 Å². The number of fused-ring (bicyclic) bond motifs is 12. The van der Waals surface area contributed by atoms with E-state index in [0.29, 0.717) is 0 Å². The van der Waals surface area contributed by atoms with Gasteiger partial charge in [-0.2, -0.15) is 0 Å². The summed E-state index contributed by atoms with van der Waals surface area (Å²) in [7, 11) is 0. The van der Waals surface area contributed by atoms with Crippen LogP contribution in [0.5, 0.6) is 0 Å². The Bertz CT molecular complexity index is 2870. The van der Waals surface area contributed by atoms with Crippen LogP contribution in [0.1, 0.15) is 24.0 Å². The predicted molar refractivity (Wildman–Crippen MR) is 207 cm³/mol. The summed E-state index contributed by atoms with van der Waals surface area (Å²) >= 11 is 0. The Morgan fingerprint density at radius 2 is 1.22 bits per heavy atom. The summed E-state index contributed by atoms with van der Waals surface area (Å²) in [6, 6.07) is 52.7. The van der Waals surface area contributed by atoms with Crippen molar-refractivity contribution in [3.63, 3.8) is 0 Å². The second-order valence-electron chi connectivity index (χ2n) is 14.3. The molecular formula is C46H31BN2. The van der Waals surface area contributed by atoms with Crippen molar-refractivity contribution in [3.05, 3.63) is 151 Å². The lowest BCUT2D eigenvalue weighted by Gasteiger charge is -2.37. The maximum atomic E-state index is 2.72. The maximum absolute atomic E-state index is 2.72. The van der Waals surface area contributed by atoms with Crippen molar-refractivity contribution in [3.8, 4) is 39.1 Å². The Labute approximate surface area is 285 Å². The van der Waals surface area contributed by atoms with Gasteiger partial charge in [-0.15, -0.1) is 0 Å². The first kappa shape index (κ1) is 26.2. The van der Waals surface area contributed by atoms with E-state index in [2.05, 4.69) is 149 Å². The Balaban J connectivity index is 1.31. The molecule has 2 nitrogen and oxygen atoms in total. The molecule has 3 aliphatic rings. The lowest BCUT2D eigenvalue weighted by molar-refractivity contribution is 0.687. The monoisotopic (exact) mass is 622 g/mol. The largest absolute Gasteiger partial charge is 0.375 e. The zero-order valence-electron chi connectivity index (χ0n) is 27.1. The molecule has 0 amide bonds. The van der Waals surface area contributed by atoms with Gasteiger partial charge >= 0.3 is 6.85 Å². The van der Waals surface area contributed by atoms with Gasteiger partial charge in [0, 0.05) is 43.8 Å². The van der Waals surface area contributed by atoms with E-state index in [1.807, 2.05) is 0 Å². The highest BCUT2D eigenvalue weighted by Crippen LogP contribution is 2.48. The lowest BCUT2D eigenvalue weighted by atomic mass is 9.45. The van der Waals surface area contributed by atoms with Crippen molar-refractivity contribution >= 4 is 61.4 Å². The molecule has 3 heteroatoms. The van der Waals surface area contributed by atoms with Gasteiger partial charge in [0.05, 0.1) is 11.0 Å². The second kappa shape index (κ2) is 9.42. The Kier molecular flexibility index (Phi) is 5.04. The normalized spacial score (nSPS) is 14.2. The van der Waals surface area contributed by atoms with Gasteiger partial charge < -0.3 is 9.05 Å². The van der Waals surface area contributed by atoms with Crippen LogP contribution in [-0.4, -0.2) is 15.9 Å². The standard InChI is InChI=1S/C46H31BN2/c1-3-12-28(13-4-1)30-22-23-41-36(24-30)37-25-32(29-14-5-2-6-15-29)26-38-43-33-17-8-7-16-31(33)27-42-44(43)47(49(41)45(37)38)39-20-11-19-35-34-18-9-10-21-40(34)48(42)46(35)39/h1-6,9-15,18-27H,7-8,16-17H2. The van der Waals surface area contributed by atoms with E-state index in [1.165, 1.54) is 106 Å². The summed E-state index contributed by atoms with van der Waals surface area (Å²) in [6.45, 7) is 0.0930. The molecule has 12 rings (SSSR count). The van der Waals surface area contributed by atoms with Crippen molar-refractivity contribution < 1.29 is 0 Å². The van der Waals surface area contributed by atoms with Crippen molar-refractivity contribution in [1.29, 1.82) is 0 Å². The molecule has 0 fully saturated rings. The number of hydrogen-bond acceptors (Lipinski definition) is 0. The van der Waals surface area contributed by atoms with Gasteiger partial charge in [-0.05, 0) is 112 Å². The number of rotatable bonds is 2. The van der Waals surface area contributed by atoms with Gasteiger partial charge in [0.15, 0.2) is 0 Å². The highest BCUT2D eigenvalue weighted by Gasteiger charge is 2.43. The van der Waals surface area contributed by atoms with Crippen LogP contribution >= 0.6 is 0 Å². The van der Waals surface area contributed by atoms with Gasteiger partial charge in [-0.3, -0.25) is 0 Å². The summed E-state index contributed by atoms with van der Waals surface area (Å²) in [5.41, 5.74) is 20.7. The highest BCUT2D eigenvalue weighted by molar-refractivity contribution is 6.90. The topological polar surface area (TPSA) is 9.86 Å². The molecule has 1 aliphatic carbocycles. The lowest BCUT2D eigenvalue weighted by Crippen LogP contribution is -2.55. The molecule has 2 aromatic heterocycles.